The van der Waals surface area contributed by atoms with E-state index >= 15 is 0 Å². The molecule has 0 aromatic heterocycles. The number of sulfone groups is 1. The Morgan fingerprint density at radius 2 is 2.05 bits per heavy atom. The fraction of sp³-hybridized carbons (Fsp3) is 0.300. The molecule has 0 bridgehead atoms. The number of carbonyl (C=O) groups is 1. The van der Waals surface area contributed by atoms with Gasteiger partial charge in [0.15, 0.2) is 9.84 Å². The summed E-state index contributed by atoms with van der Waals surface area (Å²) in [5.74, 6) is -2.03. The Hall–Kier alpha value is -0.860. The number of carboxylic acids is 1. The van der Waals surface area contributed by atoms with Crippen LogP contribution in [0, 0.1) is 0 Å². The third-order valence-electron chi connectivity index (χ3n) is 2.04. The summed E-state index contributed by atoms with van der Waals surface area (Å²) < 4.78 is 47.5. The van der Waals surface area contributed by atoms with Gasteiger partial charge in [0.25, 0.3) is 0 Å². The van der Waals surface area contributed by atoms with E-state index in [0.717, 1.165) is 18.4 Å². The molecule has 1 rings (SSSR count). The Balaban J connectivity index is 3.42. The first kappa shape index (κ1) is 16.2. The molecule has 0 unspecified atom stereocenters. The normalized spacial score (nSPS) is 11.8. The molecule has 0 radical (unpaired) electrons. The number of halogens is 3. The van der Waals surface area contributed by atoms with Gasteiger partial charge in [-0.1, -0.05) is 11.6 Å². The zero-order valence-corrected chi connectivity index (χ0v) is 12.0. The second-order valence-corrected chi connectivity index (χ2v) is 6.93. The Kier molecular flexibility index (Phi) is 5.17. The van der Waals surface area contributed by atoms with Crippen LogP contribution in [-0.4, -0.2) is 37.9 Å². The van der Waals surface area contributed by atoms with Crippen LogP contribution in [0.2, 0.25) is 5.02 Å². The molecule has 19 heavy (non-hydrogen) atoms. The van der Waals surface area contributed by atoms with Gasteiger partial charge >= 0.3 is 5.97 Å². The smallest absolute Gasteiger partial charge is 0.337 e. The largest absolute Gasteiger partial charge is 0.478 e. The summed E-state index contributed by atoms with van der Waals surface area (Å²) >= 11 is 6.30. The van der Waals surface area contributed by atoms with Gasteiger partial charge in [0.2, 0.25) is 6.43 Å². The van der Waals surface area contributed by atoms with Crippen molar-refractivity contribution in [3.63, 3.8) is 0 Å². The van der Waals surface area contributed by atoms with Crippen molar-refractivity contribution < 1.29 is 27.1 Å². The lowest BCUT2D eigenvalue weighted by Crippen LogP contribution is -2.06. The molecule has 0 aliphatic heterocycles. The maximum atomic E-state index is 12.2. The molecule has 0 atom stereocenters. The summed E-state index contributed by atoms with van der Waals surface area (Å²) in [5.41, 5.74) is -0.328. The van der Waals surface area contributed by atoms with E-state index in [4.69, 9.17) is 16.7 Å². The van der Waals surface area contributed by atoms with Gasteiger partial charge in [-0.15, -0.1) is 11.8 Å². The van der Waals surface area contributed by atoms with Crippen LogP contribution in [0.3, 0.4) is 0 Å². The summed E-state index contributed by atoms with van der Waals surface area (Å²) in [7, 11) is -3.69. The minimum Gasteiger partial charge on any atom is -0.478 e. The van der Waals surface area contributed by atoms with Gasteiger partial charge in [0.1, 0.15) is 0 Å². The Morgan fingerprint density at radius 1 is 1.47 bits per heavy atom. The van der Waals surface area contributed by atoms with E-state index in [2.05, 4.69) is 0 Å². The van der Waals surface area contributed by atoms with Crippen LogP contribution in [0.1, 0.15) is 10.4 Å². The number of rotatable bonds is 5. The van der Waals surface area contributed by atoms with Gasteiger partial charge < -0.3 is 5.11 Å². The Bertz CT molecular complexity index is 602. The molecule has 1 N–H and O–H groups in total. The molecule has 0 saturated carbocycles. The number of benzene rings is 1. The van der Waals surface area contributed by atoms with Crippen LogP contribution in [-0.2, 0) is 9.84 Å². The van der Waals surface area contributed by atoms with E-state index < -0.39 is 28.0 Å². The topological polar surface area (TPSA) is 71.4 Å². The summed E-state index contributed by atoms with van der Waals surface area (Å²) in [6, 6.07) is 2.09. The number of aromatic carboxylic acids is 1. The summed E-state index contributed by atoms with van der Waals surface area (Å²) in [6.07, 6.45) is -1.77. The van der Waals surface area contributed by atoms with E-state index in [1.165, 1.54) is 0 Å². The second kappa shape index (κ2) is 6.06. The number of hydrogen-bond donors (Lipinski definition) is 1. The first-order chi connectivity index (χ1) is 8.64. The molecule has 9 heteroatoms. The van der Waals surface area contributed by atoms with Crippen LogP contribution in [0.5, 0.6) is 0 Å². The standard InChI is InChI=1S/C10H9ClF2O4S2/c1-19(16,17)6-3-2-5(10(14)15)8(11)9(6)18-4-7(12)13/h2-3,7H,4H2,1H3,(H,14,15). The van der Waals surface area contributed by atoms with Gasteiger partial charge in [-0.05, 0) is 12.1 Å². The van der Waals surface area contributed by atoms with Crippen molar-refractivity contribution >= 4 is 39.2 Å². The van der Waals surface area contributed by atoms with Crippen LogP contribution in [0.15, 0.2) is 21.9 Å². The zero-order valence-electron chi connectivity index (χ0n) is 9.56. The number of hydrogen-bond acceptors (Lipinski definition) is 4. The monoisotopic (exact) mass is 330 g/mol. The summed E-state index contributed by atoms with van der Waals surface area (Å²) in [4.78, 5) is 10.5. The number of carboxylic acid groups (broad SMARTS) is 1. The van der Waals surface area contributed by atoms with Gasteiger partial charge in [0.05, 0.1) is 21.2 Å². The second-order valence-electron chi connectivity index (χ2n) is 3.53. The number of thioether (sulfide) groups is 1. The average molecular weight is 331 g/mol. The molecular weight excluding hydrogens is 322 g/mol. The molecule has 0 aliphatic carbocycles. The van der Waals surface area contributed by atoms with Crippen molar-refractivity contribution in [1.82, 2.24) is 0 Å². The van der Waals surface area contributed by atoms with Gasteiger partial charge in [0, 0.05) is 11.2 Å². The van der Waals surface area contributed by atoms with E-state index in [9.17, 15) is 22.0 Å². The lowest BCUT2D eigenvalue weighted by atomic mass is 10.2. The molecule has 0 spiro atoms. The Labute approximate surface area is 117 Å². The molecule has 106 valence electrons. The highest BCUT2D eigenvalue weighted by molar-refractivity contribution is 8.00. The molecule has 1 aromatic carbocycles. The molecule has 0 heterocycles. The van der Waals surface area contributed by atoms with Gasteiger partial charge in [-0.2, -0.15) is 0 Å². The fourth-order valence-electron chi connectivity index (χ4n) is 1.28. The van der Waals surface area contributed by atoms with Crippen molar-refractivity contribution in [2.45, 2.75) is 16.2 Å². The maximum absolute atomic E-state index is 12.2. The SMILES string of the molecule is CS(=O)(=O)c1ccc(C(=O)O)c(Cl)c1SCC(F)F. The molecule has 0 aliphatic rings. The van der Waals surface area contributed by atoms with Crippen LogP contribution in [0.25, 0.3) is 0 Å². The molecule has 1 aromatic rings. The van der Waals surface area contributed by atoms with Crippen molar-refractivity contribution in [3.8, 4) is 0 Å². The third-order valence-corrected chi connectivity index (χ3v) is 4.95. The fourth-order valence-corrected chi connectivity index (χ4v) is 3.87. The van der Waals surface area contributed by atoms with Crippen molar-refractivity contribution in [2.24, 2.45) is 0 Å². The number of alkyl halides is 2. The van der Waals surface area contributed by atoms with Crippen LogP contribution < -0.4 is 0 Å². The van der Waals surface area contributed by atoms with Crippen molar-refractivity contribution in [1.29, 1.82) is 0 Å². The highest BCUT2D eigenvalue weighted by Gasteiger charge is 2.22. The highest BCUT2D eigenvalue weighted by atomic mass is 35.5. The van der Waals surface area contributed by atoms with Gasteiger partial charge in [-0.3, -0.25) is 0 Å². The lowest BCUT2D eigenvalue weighted by molar-refractivity contribution is 0.0696. The van der Waals surface area contributed by atoms with E-state index in [0.29, 0.717) is 11.8 Å². The predicted molar refractivity (Wildman–Crippen MR) is 68.2 cm³/mol. The molecular formula is C10H9ClF2O4S2. The van der Waals surface area contributed by atoms with E-state index in [-0.39, 0.29) is 20.4 Å². The molecule has 4 nitrogen and oxygen atoms in total. The maximum Gasteiger partial charge on any atom is 0.337 e. The van der Waals surface area contributed by atoms with E-state index in [1.807, 2.05) is 0 Å². The van der Waals surface area contributed by atoms with Crippen LogP contribution in [0.4, 0.5) is 8.78 Å². The molecule has 0 amide bonds. The minimum atomic E-state index is -3.69. The van der Waals surface area contributed by atoms with E-state index in [1.54, 1.807) is 0 Å². The highest BCUT2D eigenvalue weighted by Crippen LogP contribution is 2.36. The average Bonchev–Trinajstić information content (AvgIpc) is 2.24. The van der Waals surface area contributed by atoms with Gasteiger partial charge in [-0.25, -0.2) is 22.0 Å². The first-order valence-corrected chi connectivity index (χ1v) is 8.07. The Morgan fingerprint density at radius 3 is 2.47 bits per heavy atom. The molecule has 0 fully saturated rings. The summed E-state index contributed by atoms with van der Waals surface area (Å²) in [6.45, 7) is 0. The lowest BCUT2D eigenvalue weighted by Gasteiger charge is -2.11. The minimum absolute atomic E-state index is 0.163. The zero-order chi connectivity index (χ0) is 14.8. The quantitative estimate of drug-likeness (QED) is 0.840. The van der Waals surface area contributed by atoms with Crippen LogP contribution >= 0.6 is 23.4 Å². The third kappa shape index (κ3) is 4.05. The van der Waals surface area contributed by atoms with Crippen molar-refractivity contribution in [2.75, 3.05) is 12.0 Å². The first-order valence-electron chi connectivity index (χ1n) is 4.81. The van der Waals surface area contributed by atoms with Crippen molar-refractivity contribution in [3.05, 3.63) is 22.7 Å². The summed E-state index contributed by atoms with van der Waals surface area (Å²) in [5, 5.41) is 8.52. The predicted octanol–water partition coefficient (Wildman–Crippen LogP) is 2.80. The molecule has 0 saturated heterocycles.